The minimum absolute atomic E-state index is 0.241. The first-order valence-electron chi connectivity index (χ1n) is 9.75. The number of rotatable bonds is 8. The number of para-hydroxylation sites is 1. The number of carbonyl (C=O) groups is 2. The summed E-state index contributed by atoms with van der Waals surface area (Å²) in [4.78, 5) is 28.3. The number of aryl methyl sites for hydroxylation is 1. The summed E-state index contributed by atoms with van der Waals surface area (Å²) in [6, 6.07) is 12.9. The number of hydrogen-bond acceptors (Lipinski definition) is 5. The fourth-order valence-electron chi connectivity index (χ4n) is 3.29. The third-order valence-electron chi connectivity index (χ3n) is 4.70. The highest BCUT2D eigenvalue weighted by Crippen LogP contribution is 2.28. The molecule has 1 N–H and O–H groups in total. The van der Waals surface area contributed by atoms with Gasteiger partial charge in [-0.05, 0) is 50.6 Å². The van der Waals surface area contributed by atoms with Crippen LogP contribution in [0.2, 0.25) is 0 Å². The number of H-pyrrole nitrogens is 1. The summed E-state index contributed by atoms with van der Waals surface area (Å²) >= 11 is 0. The lowest BCUT2D eigenvalue weighted by Gasteiger charge is -2.11. The third-order valence-corrected chi connectivity index (χ3v) is 4.70. The number of ether oxygens (including phenoxy) is 3. The maximum Gasteiger partial charge on any atom is 0.331 e. The van der Waals surface area contributed by atoms with E-state index in [0.717, 1.165) is 22.2 Å². The first-order chi connectivity index (χ1) is 14.4. The van der Waals surface area contributed by atoms with Crippen molar-refractivity contribution in [2.75, 3.05) is 13.7 Å². The zero-order valence-electron chi connectivity index (χ0n) is 17.5. The average Bonchev–Trinajstić information content (AvgIpc) is 3.08. The average molecular weight is 407 g/mol. The lowest BCUT2D eigenvalue weighted by Crippen LogP contribution is -2.24. The van der Waals surface area contributed by atoms with Gasteiger partial charge in [0, 0.05) is 28.2 Å². The molecule has 3 aromatic rings. The lowest BCUT2D eigenvalue weighted by molar-refractivity contribution is -0.140. The molecule has 0 radical (unpaired) electrons. The zero-order chi connectivity index (χ0) is 21.7. The Kier molecular flexibility index (Phi) is 6.57. The summed E-state index contributed by atoms with van der Waals surface area (Å²) in [6.45, 7) is 5.83. The van der Waals surface area contributed by atoms with Gasteiger partial charge in [0.25, 0.3) is 0 Å². The highest BCUT2D eigenvalue weighted by Gasteiger charge is 2.23. The molecule has 0 aliphatic rings. The molecule has 0 aliphatic heterocycles. The number of aromatic nitrogens is 1. The van der Waals surface area contributed by atoms with Crippen LogP contribution in [0.15, 0.2) is 48.5 Å². The maximum atomic E-state index is 12.9. The molecule has 0 saturated heterocycles. The lowest BCUT2D eigenvalue weighted by atomic mass is 10.0. The number of aromatic amines is 1. The van der Waals surface area contributed by atoms with Crippen molar-refractivity contribution in [1.82, 2.24) is 4.98 Å². The number of methoxy groups -OCH3 is 1. The molecule has 2 aromatic carbocycles. The minimum Gasteiger partial charge on any atom is -0.493 e. The van der Waals surface area contributed by atoms with Gasteiger partial charge in [-0.2, -0.15) is 0 Å². The minimum atomic E-state index is -0.907. The molecule has 0 aliphatic carbocycles. The number of carbonyl (C=O) groups excluding carboxylic acids is 2. The van der Waals surface area contributed by atoms with Crippen molar-refractivity contribution in [3.8, 4) is 11.5 Å². The van der Waals surface area contributed by atoms with Crippen LogP contribution in [-0.2, 0) is 9.53 Å². The second kappa shape index (κ2) is 9.31. The summed E-state index contributed by atoms with van der Waals surface area (Å²) in [7, 11) is 1.56. The van der Waals surface area contributed by atoms with Crippen LogP contribution in [0.5, 0.6) is 11.5 Å². The van der Waals surface area contributed by atoms with Gasteiger partial charge in [0.1, 0.15) is 0 Å². The Bertz CT molecular complexity index is 1100. The number of hydrogen-bond donors (Lipinski definition) is 1. The Morgan fingerprint density at radius 2 is 1.90 bits per heavy atom. The highest BCUT2D eigenvalue weighted by molar-refractivity contribution is 6.11. The summed E-state index contributed by atoms with van der Waals surface area (Å²) in [6.07, 6.45) is 1.99. The van der Waals surface area contributed by atoms with Crippen LogP contribution >= 0.6 is 0 Å². The topological polar surface area (TPSA) is 77.6 Å². The molecule has 0 saturated carbocycles. The Hall–Kier alpha value is -3.54. The van der Waals surface area contributed by atoms with E-state index in [0.29, 0.717) is 23.7 Å². The molecule has 1 unspecified atom stereocenters. The summed E-state index contributed by atoms with van der Waals surface area (Å²) in [5, 5.41) is 0.819. The van der Waals surface area contributed by atoms with Gasteiger partial charge in [-0.25, -0.2) is 4.79 Å². The zero-order valence-corrected chi connectivity index (χ0v) is 17.5. The number of ketones is 1. The Labute approximate surface area is 175 Å². The molecular formula is C24H25NO5. The van der Waals surface area contributed by atoms with Crippen LogP contribution in [0.25, 0.3) is 17.0 Å². The second-order valence-corrected chi connectivity index (χ2v) is 6.79. The maximum absolute atomic E-state index is 12.9. The number of benzene rings is 2. The van der Waals surface area contributed by atoms with Crippen LogP contribution < -0.4 is 9.47 Å². The van der Waals surface area contributed by atoms with Crippen molar-refractivity contribution >= 4 is 28.7 Å². The molecule has 1 aromatic heterocycles. The van der Waals surface area contributed by atoms with Crippen molar-refractivity contribution in [2.24, 2.45) is 0 Å². The van der Waals surface area contributed by atoms with E-state index >= 15 is 0 Å². The van der Waals surface area contributed by atoms with E-state index in [1.165, 1.54) is 6.08 Å². The molecule has 1 atom stereocenters. The van der Waals surface area contributed by atoms with E-state index in [1.54, 1.807) is 38.3 Å². The van der Waals surface area contributed by atoms with E-state index in [1.807, 2.05) is 38.1 Å². The molecule has 0 spiro atoms. The first kappa shape index (κ1) is 21.2. The second-order valence-electron chi connectivity index (χ2n) is 6.79. The van der Waals surface area contributed by atoms with Crippen molar-refractivity contribution in [1.29, 1.82) is 0 Å². The van der Waals surface area contributed by atoms with Crippen LogP contribution in [0, 0.1) is 6.92 Å². The summed E-state index contributed by atoms with van der Waals surface area (Å²) in [5.74, 6) is 0.370. The number of fused-ring (bicyclic) bond motifs is 1. The predicted octanol–water partition coefficient (Wildman–Crippen LogP) is 4.71. The summed E-state index contributed by atoms with van der Waals surface area (Å²) < 4.78 is 16.1. The largest absolute Gasteiger partial charge is 0.493 e. The molecule has 6 heteroatoms. The van der Waals surface area contributed by atoms with Gasteiger partial charge in [0.05, 0.1) is 13.7 Å². The van der Waals surface area contributed by atoms with Gasteiger partial charge in [-0.3, -0.25) is 4.79 Å². The van der Waals surface area contributed by atoms with Gasteiger partial charge >= 0.3 is 5.97 Å². The van der Waals surface area contributed by atoms with Crippen molar-refractivity contribution in [3.05, 3.63) is 65.4 Å². The number of Topliss-reactive ketones (excluding diaryl/α,β-unsaturated/α-hetero) is 1. The van der Waals surface area contributed by atoms with Gasteiger partial charge in [-0.1, -0.05) is 24.3 Å². The van der Waals surface area contributed by atoms with E-state index in [2.05, 4.69) is 4.98 Å². The van der Waals surface area contributed by atoms with E-state index in [9.17, 15) is 9.59 Å². The van der Waals surface area contributed by atoms with E-state index in [4.69, 9.17) is 14.2 Å². The number of esters is 1. The van der Waals surface area contributed by atoms with Crippen LogP contribution in [0.4, 0.5) is 0 Å². The van der Waals surface area contributed by atoms with E-state index < -0.39 is 12.1 Å². The molecule has 0 amide bonds. The SMILES string of the molecule is CCOc1ccc(/C=C/C(=O)OC(C)C(=O)c2c(C)[nH]c3ccccc23)cc1OC. The van der Waals surface area contributed by atoms with Crippen LogP contribution in [0.3, 0.4) is 0 Å². The van der Waals surface area contributed by atoms with Crippen LogP contribution in [-0.4, -0.2) is 36.6 Å². The molecule has 3 rings (SSSR count). The van der Waals surface area contributed by atoms with Crippen LogP contribution in [0.1, 0.15) is 35.5 Å². The fourth-order valence-corrected chi connectivity index (χ4v) is 3.29. The van der Waals surface area contributed by atoms with E-state index in [-0.39, 0.29) is 5.78 Å². The standard InChI is InChI=1S/C24H25NO5/c1-5-29-20-12-10-17(14-21(20)28-4)11-13-22(26)30-16(3)24(27)23-15(2)25-19-9-7-6-8-18(19)23/h6-14,16,25H,5H2,1-4H3/b13-11+. The van der Waals surface area contributed by atoms with Crippen molar-refractivity contribution < 1.29 is 23.8 Å². The highest BCUT2D eigenvalue weighted by atomic mass is 16.5. The first-order valence-corrected chi connectivity index (χ1v) is 9.75. The Morgan fingerprint density at radius 3 is 2.63 bits per heavy atom. The van der Waals surface area contributed by atoms with Crippen molar-refractivity contribution in [2.45, 2.75) is 26.9 Å². The van der Waals surface area contributed by atoms with Gasteiger partial charge < -0.3 is 19.2 Å². The molecule has 6 nitrogen and oxygen atoms in total. The molecule has 30 heavy (non-hydrogen) atoms. The predicted molar refractivity (Wildman–Crippen MR) is 116 cm³/mol. The quantitative estimate of drug-likeness (QED) is 0.332. The number of nitrogens with one attached hydrogen (secondary N) is 1. The summed E-state index contributed by atoms with van der Waals surface area (Å²) in [5.41, 5.74) is 2.92. The Morgan fingerprint density at radius 1 is 1.13 bits per heavy atom. The smallest absolute Gasteiger partial charge is 0.331 e. The molecule has 1 heterocycles. The normalized spacial score (nSPS) is 12.1. The molecule has 0 fully saturated rings. The molecule has 0 bridgehead atoms. The van der Waals surface area contributed by atoms with Gasteiger partial charge in [-0.15, -0.1) is 0 Å². The van der Waals surface area contributed by atoms with Gasteiger partial charge in [0.2, 0.25) is 5.78 Å². The van der Waals surface area contributed by atoms with Gasteiger partial charge in [0.15, 0.2) is 17.6 Å². The third kappa shape index (κ3) is 4.54. The molecular weight excluding hydrogens is 382 g/mol. The monoisotopic (exact) mass is 407 g/mol. The molecule has 156 valence electrons. The van der Waals surface area contributed by atoms with Crippen molar-refractivity contribution in [3.63, 3.8) is 0 Å². The fraction of sp³-hybridized carbons (Fsp3) is 0.250. The Balaban J connectivity index is 1.69.